The second kappa shape index (κ2) is 5.69. The van der Waals surface area contributed by atoms with Crippen molar-refractivity contribution >= 4 is 0 Å². The second-order valence-corrected chi connectivity index (χ2v) is 5.26. The van der Waals surface area contributed by atoms with Gasteiger partial charge in [0.1, 0.15) is 0 Å². The summed E-state index contributed by atoms with van der Waals surface area (Å²) >= 11 is 0. The Morgan fingerprint density at radius 2 is 1.43 bits per heavy atom. The number of rotatable bonds is 6. The zero-order valence-corrected chi connectivity index (χ0v) is 10.1. The standard InChI is InChI=1S/C11H24O3/c1-10(2,3)6-11(7-12,8-13-4)9-14-5/h12H,6-9H2,1-5H3. The van der Waals surface area contributed by atoms with Gasteiger partial charge in [-0.2, -0.15) is 0 Å². The minimum Gasteiger partial charge on any atom is -0.396 e. The molecule has 0 saturated heterocycles. The van der Waals surface area contributed by atoms with Gasteiger partial charge in [0.25, 0.3) is 0 Å². The summed E-state index contributed by atoms with van der Waals surface area (Å²) in [5.41, 5.74) is -0.0957. The van der Waals surface area contributed by atoms with Gasteiger partial charge in [-0.3, -0.25) is 0 Å². The summed E-state index contributed by atoms with van der Waals surface area (Å²) in [6.45, 7) is 7.64. The maximum atomic E-state index is 9.44. The van der Waals surface area contributed by atoms with Gasteiger partial charge in [-0.05, 0) is 11.8 Å². The van der Waals surface area contributed by atoms with E-state index in [4.69, 9.17) is 9.47 Å². The van der Waals surface area contributed by atoms with E-state index in [1.165, 1.54) is 0 Å². The largest absolute Gasteiger partial charge is 0.396 e. The molecule has 0 aromatic heterocycles. The van der Waals surface area contributed by atoms with Gasteiger partial charge < -0.3 is 14.6 Å². The van der Waals surface area contributed by atoms with Crippen molar-refractivity contribution in [3.63, 3.8) is 0 Å². The molecule has 0 aliphatic carbocycles. The number of methoxy groups -OCH3 is 2. The van der Waals surface area contributed by atoms with E-state index >= 15 is 0 Å². The molecule has 0 atom stereocenters. The van der Waals surface area contributed by atoms with E-state index < -0.39 is 0 Å². The maximum Gasteiger partial charge on any atom is 0.0563 e. The van der Waals surface area contributed by atoms with Gasteiger partial charge in [-0.1, -0.05) is 20.8 Å². The first-order valence-corrected chi connectivity index (χ1v) is 4.98. The Morgan fingerprint density at radius 3 is 1.64 bits per heavy atom. The molecular weight excluding hydrogens is 180 g/mol. The highest BCUT2D eigenvalue weighted by Crippen LogP contribution is 2.34. The Labute approximate surface area is 87.4 Å². The van der Waals surface area contributed by atoms with E-state index in [9.17, 15) is 5.11 Å². The molecule has 0 aliphatic heterocycles. The molecule has 1 N–H and O–H groups in total. The summed E-state index contributed by atoms with van der Waals surface area (Å²) in [5.74, 6) is 0. The van der Waals surface area contributed by atoms with E-state index in [-0.39, 0.29) is 17.4 Å². The molecule has 0 rings (SSSR count). The number of hydrogen-bond acceptors (Lipinski definition) is 3. The SMILES string of the molecule is COCC(CO)(COC)CC(C)(C)C. The third-order valence-corrected chi connectivity index (χ3v) is 2.14. The molecule has 0 aromatic rings. The Morgan fingerprint density at radius 1 is 1.00 bits per heavy atom. The lowest BCUT2D eigenvalue weighted by molar-refractivity contribution is -0.0483. The fraction of sp³-hybridized carbons (Fsp3) is 1.00. The normalized spacial score (nSPS) is 13.3. The Bertz CT molecular complexity index is 143. The Balaban J connectivity index is 4.48. The van der Waals surface area contributed by atoms with Gasteiger partial charge in [0, 0.05) is 19.6 Å². The fourth-order valence-corrected chi connectivity index (χ4v) is 2.03. The quantitative estimate of drug-likeness (QED) is 0.715. The molecule has 0 saturated carbocycles. The summed E-state index contributed by atoms with van der Waals surface area (Å²) < 4.78 is 10.3. The van der Waals surface area contributed by atoms with Crippen molar-refractivity contribution < 1.29 is 14.6 Å². The van der Waals surface area contributed by atoms with Crippen LogP contribution in [-0.2, 0) is 9.47 Å². The predicted octanol–water partition coefficient (Wildman–Crippen LogP) is 1.69. The lowest BCUT2D eigenvalue weighted by atomic mass is 9.75. The van der Waals surface area contributed by atoms with Gasteiger partial charge in [0.2, 0.25) is 0 Å². The summed E-state index contributed by atoms with van der Waals surface area (Å²) in [6.07, 6.45) is 0.887. The van der Waals surface area contributed by atoms with Gasteiger partial charge in [-0.15, -0.1) is 0 Å². The van der Waals surface area contributed by atoms with Crippen LogP contribution in [0.5, 0.6) is 0 Å². The van der Waals surface area contributed by atoms with Crippen molar-refractivity contribution in [1.82, 2.24) is 0 Å². The molecule has 3 heteroatoms. The van der Waals surface area contributed by atoms with E-state index in [2.05, 4.69) is 20.8 Å². The lowest BCUT2D eigenvalue weighted by Gasteiger charge is -2.36. The molecule has 14 heavy (non-hydrogen) atoms. The first-order chi connectivity index (χ1) is 6.39. The maximum absolute atomic E-state index is 9.44. The van der Waals surface area contributed by atoms with Crippen LogP contribution in [0.2, 0.25) is 0 Å². The molecule has 0 radical (unpaired) electrons. The van der Waals surface area contributed by atoms with Crippen molar-refractivity contribution in [3.8, 4) is 0 Å². The van der Waals surface area contributed by atoms with Crippen molar-refractivity contribution in [2.75, 3.05) is 34.0 Å². The molecule has 0 bridgehead atoms. The van der Waals surface area contributed by atoms with Gasteiger partial charge in [-0.25, -0.2) is 0 Å². The first-order valence-electron chi connectivity index (χ1n) is 4.98. The van der Waals surface area contributed by atoms with E-state index in [0.29, 0.717) is 13.2 Å². The number of aliphatic hydroxyl groups excluding tert-OH is 1. The number of ether oxygens (including phenoxy) is 2. The zero-order valence-electron chi connectivity index (χ0n) is 10.1. The molecule has 3 nitrogen and oxygen atoms in total. The van der Waals surface area contributed by atoms with Gasteiger partial charge in [0.05, 0.1) is 19.8 Å². The molecule has 0 amide bonds. The minimum absolute atomic E-state index is 0.103. The molecular formula is C11H24O3. The van der Waals surface area contributed by atoms with Crippen LogP contribution in [0.3, 0.4) is 0 Å². The zero-order chi connectivity index (χ0) is 11.2. The first kappa shape index (κ1) is 13.9. The molecule has 0 fully saturated rings. The third kappa shape index (κ3) is 4.94. The monoisotopic (exact) mass is 204 g/mol. The Kier molecular flexibility index (Phi) is 5.64. The van der Waals surface area contributed by atoms with Gasteiger partial charge in [0.15, 0.2) is 0 Å². The molecule has 86 valence electrons. The molecule has 0 aromatic carbocycles. The van der Waals surface area contributed by atoms with E-state index in [1.54, 1.807) is 14.2 Å². The molecule has 0 unspecified atom stereocenters. The Hall–Kier alpha value is -0.120. The minimum atomic E-state index is -0.262. The predicted molar refractivity (Wildman–Crippen MR) is 57.3 cm³/mol. The number of aliphatic hydroxyl groups is 1. The topological polar surface area (TPSA) is 38.7 Å². The smallest absolute Gasteiger partial charge is 0.0563 e. The van der Waals surface area contributed by atoms with Crippen LogP contribution in [-0.4, -0.2) is 39.1 Å². The highest BCUT2D eigenvalue weighted by atomic mass is 16.5. The fourth-order valence-electron chi connectivity index (χ4n) is 2.03. The second-order valence-electron chi connectivity index (χ2n) is 5.26. The van der Waals surface area contributed by atoms with Crippen LogP contribution >= 0.6 is 0 Å². The van der Waals surface area contributed by atoms with Crippen molar-refractivity contribution in [1.29, 1.82) is 0 Å². The summed E-state index contributed by atoms with van der Waals surface area (Å²) in [4.78, 5) is 0. The highest BCUT2D eigenvalue weighted by Gasteiger charge is 2.34. The van der Waals surface area contributed by atoms with Crippen LogP contribution < -0.4 is 0 Å². The highest BCUT2D eigenvalue weighted by molar-refractivity contribution is 4.83. The van der Waals surface area contributed by atoms with Crippen molar-refractivity contribution in [3.05, 3.63) is 0 Å². The molecule has 0 spiro atoms. The lowest BCUT2D eigenvalue weighted by Crippen LogP contribution is -2.39. The molecule has 0 heterocycles. The van der Waals surface area contributed by atoms with Crippen LogP contribution in [0.25, 0.3) is 0 Å². The van der Waals surface area contributed by atoms with E-state index in [0.717, 1.165) is 6.42 Å². The van der Waals surface area contributed by atoms with Crippen LogP contribution in [0.4, 0.5) is 0 Å². The summed E-state index contributed by atoms with van der Waals surface area (Å²) in [7, 11) is 3.31. The number of hydrogen-bond donors (Lipinski definition) is 1. The van der Waals surface area contributed by atoms with Crippen LogP contribution in [0.15, 0.2) is 0 Å². The van der Waals surface area contributed by atoms with E-state index in [1.807, 2.05) is 0 Å². The molecule has 0 aliphatic rings. The summed E-state index contributed by atoms with van der Waals surface area (Å²) in [6, 6.07) is 0. The van der Waals surface area contributed by atoms with Crippen molar-refractivity contribution in [2.45, 2.75) is 27.2 Å². The third-order valence-electron chi connectivity index (χ3n) is 2.14. The van der Waals surface area contributed by atoms with Crippen molar-refractivity contribution in [2.24, 2.45) is 10.8 Å². The van der Waals surface area contributed by atoms with Crippen LogP contribution in [0.1, 0.15) is 27.2 Å². The summed E-state index contributed by atoms with van der Waals surface area (Å²) in [5, 5.41) is 9.44. The van der Waals surface area contributed by atoms with Crippen LogP contribution in [0, 0.1) is 10.8 Å². The van der Waals surface area contributed by atoms with Gasteiger partial charge >= 0.3 is 0 Å². The average molecular weight is 204 g/mol. The average Bonchev–Trinajstić information content (AvgIpc) is 2.02.